The molecule has 2 saturated heterocycles. The first-order valence-corrected chi connectivity index (χ1v) is 18.2. The van der Waals surface area contributed by atoms with Gasteiger partial charge in [0.15, 0.2) is 6.29 Å². The molecule has 2 aliphatic rings. The van der Waals surface area contributed by atoms with Crippen molar-refractivity contribution in [1.82, 2.24) is 9.80 Å². The fraction of sp³-hybridized carbons (Fsp3) is 0.972. The number of hydrogen-bond acceptors (Lipinski definition) is 6. The first kappa shape index (κ1) is 38.5. The Morgan fingerprint density at radius 2 is 1.47 bits per heavy atom. The molecular formula is C36H70N2O5. The molecule has 2 fully saturated rings. The number of carbonyl (C=O) groups is 1. The van der Waals surface area contributed by atoms with E-state index >= 15 is 0 Å². The van der Waals surface area contributed by atoms with Crippen LogP contribution in [-0.4, -0.2) is 78.5 Å². The normalized spacial score (nSPS) is 28.9. The van der Waals surface area contributed by atoms with Crippen LogP contribution >= 0.6 is 0 Å². The van der Waals surface area contributed by atoms with Gasteiger partial charge >= 0.3 is 0 Å². The molecule has 2 rings (SSSR count). The van der Waals surface area contributed by atoms with Crippen molar-refractivity contribution in [2.45, 2.75) is 189 Å². The Morgan fingerprint density at radius 1 is 0.837 bits per heavy atom. The summed E-state index contributed by atoms with van der Waals surface area (Å²) < 4.78 is 25.2. The van der Waals surface area contributed by atoms with Gasteiger partial charge in [0.1, 0.15) is 0 Å². The molecule has 2 heterocycles. The number of hydrogen-bond donors (Lipinski definition) is 0. The number of nitrogens with zero attached hydrogens (tertiary/aromatic N) is 2. The lowest BCUT2D eigenvalue weighted by molar-refractivity contribution is -0.257. The Kier molecular flexibility index (Phi) is 18.2. The maximum atomic E-state index is 13.2. The summed E-state index contributed by atoms with van der Waals surface area (Å²) in [6.07, 6.45) is 12.5. The molecule has 6 unspecified atom stereocenters. The Balaban J connectivity index is 1.64. The second kappa shape index (κ2) is 20.4. The molecule has 0 aliphatic carbocycles. The van der Waals surface area contributed by atoms with Gasteiger partial charge in [-0.05, 0) is 78.1 Å². The maximum Gasteiger partial charge on any atom is 0.222 e. The molecule has 0 N–H and O–H groups in total. The summed E-state index contributed by atoms with van der Waals surface area (Å²) >= 11 is 0. The number of carbonyl (C=O) groups excluding carboxylic acids is 1. The third kappa shape index (κ3) is 12.2. The second-order valence-electron chi connectivity index (χ2n) is 14.0. The van der Waals surface area contributed by atoms with E-state index < -0.39 is 0 Å². The SMILES string of the molecule is CCCOC(O[C@H]1C[C@@H](CC)N(C(=O)CCCCCCCCCOC2OC(CC)C(C)C(C)C2C)C1)N(C(C)C)C(C)C. The van der Waals surface area contributed by atoms with Crippen LogP contribution in [0.15, 0.2) is 0 Å². The number of unbranched alkanes of at least 4 members (excludes halogenated alkanes) is 6. The summed E-state index contributed by atoms with van der Waals surface area (Å²) in [6, 6.07) is 0.898. The van der Waals surface area contributed by atoms with Crippen molar-refractivity contribution in [2.24, 2.45) is 17.8 Å². The highest BCUT2D eigenvalue weighted by molar-refractivity contribution is 5.76. The Bertz CT molecular complexity index is 739. The van der Waals surface area contributed by atoms with Gasteiger partial charge in [0.25, 0.3) is 0 Å². The number of rotatable bonds is 21. The van der Waals surface area contributed by atoms with Gasteiger partial charge in [0.05, 0.1) is 18.8 Å². The largest absolute Gasteiger partial charge is 0.352 e. The Morgan fingerprint density at radius 3 is 2.05 bits per heavy atom. The van der Waals surface area contributed by atoms with E-state index in [-0.39, 0.29) is 24.8 Å². The second-order valence-corrected chi connectivity index (χ2v) is 14.0. The van der Waals surface area contributed by atoms with Gasteiger partial charge in [-0.25, -0.2) is 0 Å². The number of ether oxygens (including phenoxy) is 4. The van der Waals surface area contributed by atoms with Crippen molar-refractivity contribution in [3.8, 4) is 0 Å². The van der Waals surface area contributed by atoms with Crippen molar-refractivity contribution in [3.63, 3.8) is 0 Å². The summed E-state index contributed by atoms with van der Waals surface area (Å²) in [4.78, 5) is 17.6. The van der Waals surface area contributed by atoms with Gasteiger partial charge in [-0.15, -0.1) is 0 Å². The average molecular weight is 611 g/mol. The molecule has 0 aromatic heterocycles. The van der Waals surface area contributed by atoms with Crippen molar-refractivity contribution >= 4 is 5.91 Å². The summed E-state index contributed by atoms with van der Waals surface area (Å²) in [7, 11) is 0. The van der Waals surface area contributed by atoms with Crippen LogP contribution in [0, 0.1) is 17.8 Å². The highest BCUT2D eigenvalue weighted by atomic mass is 16.7. The van der Waals surface area contributed by atoms with Gasteiger partial charge in [-0.1, -0.05) is 73.6 Å². The fourth-order valence-corrected chi connectivity index (χ4v) is 7.08. The van der Waals surface area contributed by atoms with E-state index in [2.05, 4.69) is 79.0 Å². The first-order chi connectivity index (χ1) is 20.5. The van der Waals surface area contributed by atoms with Crippen LogP contribution in [0.1, 0.15) is 146 Å². The first-order valence-electron chi connectivity index (χ1n) is 18.2. The van der Waals surface area contributed by atoms with Gasteiger partial charge in [0.2, 0.25) is 12.3 Å². The zero-order chi connectivity index (χ0) is 31.9. The van der Waals surface area contributed by atoms with Crippen LogP contribution < -0.4 is 0 Å². The lowest BCUT2D eigenvalue weighted by Crippen LogP contribution is -2.49. The van der Waals surface area contributed by atoms with Crippen LogP contribution in [0.2, 0.25) is 0 Å². The molecular weight excluding hydrogens is 540 g/mol. The molecule has 43 heavy (non-hydrogen) atoms. The van der Waals surface area contributed by atoms with Crippen LogP contribution in [0.4, 0.5) is 0 Å². The molecule has 0 radical (unpaired) electrons. The molecule has 254 valence electrons. The highest BCUT2D eigenvalue weighted by Crippen LogP contribution is 2.36. The van der Waals surface area contributed by atoms with Crippen molar-refractivity contribution in [1.29, 1.82) is 0 Å². The van der Waals surface area contributed by atoms with E-state index in [4.69, 9.17) is 18.9 Å². The third-order valence-electron chi connectivity index (χ3n) is 10.1. The minimum Gasteiger partial charge on any atom is -0.352 e. The molecule has 8 atom stereocenters. The quantitative estimate of drug-likeness (QED) is 0.0961. The van der Waals surface area contributed by atoms with E-state index in [9.17, 15) is 4.79 Å². The molecule has 1 amide bonds. The lowest BCUT2D eigenvalue weighted by Gasteiger charge is -2.43. The van der Waals surface area contributed by atoms with Crippen LogP contribution in [0.3, 0.4) is 0 Å². The molecule has 0 aromatic rings. The van der Waals surface area contributed by atoms with E-state index in [1.54, 1.807) is 0 Å². The van der Waals surface area contributed by atoms with Crippen molar-refractivity contribution in [2.75, 3.05) is 19.8 Å². The smallest absolute Gasteiger partial charge is 0.222 e. The van der Waals surface area contributed by atoms with E-state index in [0.29, 0.717) is 61.4 Å². The molecule has 0 bridgehead atoms. The van der Waals surface area contributed by atoms with Crippen LogP contribution in [0.25, 0.3) is 0 Å². The van der Waals surface area contributed by atoms with Crippen molar-refractivity contribution in [3.05, 3.63) is 0 Å². The molecule has 0 aromatic carbocycles. The van der Waals surface area contributed by atoms with Crippen molar-refractivity contribution < 1.29 is 23.7 Å². The summed E-state index contributed by atoms with van der Waals surface area (Å²) in [5, 5.41) is 0. The molecule has 0 saturated carbocycles. The topological polar surface area (TPSA) is 60.5 Å². The van der Waals surface area contributed by atoms with E-state index in [0.717, 1.165) is 51.6 Å². The third-order valence-corrected chi connectivity index (χ3v) is 10.1. The number of amides is 1. The predicted molar refractivity (Wildman–Crippen MR) is 177 cm³/mol. The molecule has 2 aliphatic heterocycles. The number of likely N-dealkylation sites (tertiary alicyclic amines) is 1. The average Bonchev–Trinajstić information content (AvgIpc) is 3.39. The lowest BCUT2D eigenvalue weighted by atomic mass is 9.78. The van der Waals surface area contributed by atoms with Crippen LogP contribution in [-0.2, 0) is 23.7 Å². The summed E-state index contributed by atoms with van der Waals surface area (Å²) in [5.74, 6) is 1.97. The van der Waals surface area contributed by atoms with E-state index in [1.807, 2.05) is 0 Å². The maximum absolute atomic E-state index is 13.2. The van der Waals surface area contributed by atoms with Gasteiger partial charge in [-0.3, -0.25) is 9.69 Å². The standard InChI is InChI=1S/C36H70N2O5/c1-11-22-41-36(38(26(4)5)27(6)7)42-32-24-31(12-2)37(25-32)34(39)21-19-17-15-14-16-18-20-23-40-35-30(10)28(8)29(9)33(13-3)43-35/h26-33,35-36H,11-25H2,1-10H3/t28?,29?,30?,31-,32+,33?,35?,36?/m1/s1. The van der Waals surface area contributed by atoms with E-state index in [1.165, 1.54) is 25.7 Å². The zero-order valence-corrected chi connectivity index (χ0v) is 29.8. The van der Waals surface area contributed by atoms with Gasteiger partial charge < -0.3 is 23.8 Å². The highest BCUT2D eigenvalue weighted by Gasteiger charge is 2.39. The molecule has 7 heteroatoms. The van der Waals surface area contributed by atoms with Crippen LogP contribution in [0.5, 0.6) is 0 Å². The summed E-state index contributed by atoms with van der Waals surface area (Å²) in [6.45, 7) is 24.4. The minimum atomic E-state index is -0.367. The van der Waals surface area contributed by atoms with Gasteiger partial charge in [-0.2, -0.15) is 0 Å². The zero-order valence-electron chi connectivity index (χ0n) is 29.8. The summed E-state index contributed by atoms with van der Waals surface area (Å²) in [5.41, 5.74) is 0. The Hall–Kier alpha value is -0.730. The Labute approximate surface area is 266 Å². The fourth-order valence-electron chi connectivity index (χ4n) is 7.08. The van der Waals surface area contributed by atoms with Gasteiger partial charge in [0, 0.05) is 43.6 Å². The molecule has 7 nitrogen and oxygen atoms in total. The minimum absolute atomic E-state index is 0.0210. The predicted octanol–water partition coefficient (Wildman–Crippen LogP) is 8.39. The molecule has 0 spiro atoms. The monoisotopic (exact) mass is 611 g/mol.